The van der Waals surface area contributed by atoms with Gasteiger partial charge in [-0.3, -0.25) is 0 Å². The SMILES string of the molecule is CCCCCCCc1cnc(CC(C2CCCCC2)C2CCC(CCCC)CC2)nc1. The van der Waals surface area contributed by atoms with Gasteiger partial charge in [-0.25, -0.2) is 9.97 Å². The average molecular weight is 427 g/mol. The van der Waals surface area contributed by atoms with Gasteiger partial charge in [-0.1, -0.05) is 104 Å². The lowest BCUT2D eigenvalue weighted by atomic mass is 9.66. The van der Waals surface area contributed by atoms with E-state index in [1.807, 2.05) is 0 Å². The largest absolute Gasteiger partial charge is 0.241 e. The van der Waals surface area contributed by atoms with E-state index in [9.17, 15) is 0 Å². The Morgan fingerprint density at radius 2 is 1.39 bits per heavy atom. The first-order chi connectivity index (χ1) is 15.3. The highest BCUT2D eigenvalue weighted by Crippen LogP contribution is 2.43. The lowest BCUT2D eigenvalue weighted by Gasteiger charge is -2.39. The standard InChI is InChI=1S/C29H50N2/c1-3-5-7-8-10-14-25-22-30-29(31-23-25)21-28(26-15-11-9-12-16-26)27-19-17-24(18-20-27)13-6-4-2/h22-24,26-28H,3-21H2,1-2H3. The Bertz CT molecular complexity index is 567. The van der Waals surface area contributed by atoms with Gasteiger partial charge in [-0.05, 0) is 54.9 Å². The van der Waals surface area contributed by atoms with E-state index in [1.165, 1.54) is 115 Å². The zero-order valence-electron chi connectivity index (χ0n) is 20.8. The van der Waals surface area contributed by atoms with Crippen LogP contribution in [-0.2, 0) is 12.8 Å². The fourth-order valence-electron chi connectivity index (χ4n) is 6.44. The molecule has 1 heterocycles. The van der Waals surface area contributed by atoms with Crippen LogP contribution in [-0.4, -0.2) is 9.97 Å². The van der Waals surface area contributed by atoms with Crippen LogP contribution in [0.2, 0.25) is 0 Å². The molecule has 1 aromatic rings. The predicted octanol–water partition coefficient (Wildman–Crippen LogP) is 8.73. The number of hydrogen-bond donors (Lipinski definition) is 0. The molecular formula is C29H50N2. The average Bonchev–Trinajstić information content (AvgIpc) is 2.83. The van der Waals surface area contributed by atoms with E-state index in [-0.39, 0.29) is 0 Å². The van der Waals surface area contributed by atoms with Gasteiger partial charge in [0.15, 0.2) is 0 Å². The second kappa shape index (κ2) is 14.3. The van der Waals surface area contributed by atoms with E-state index in [4.69, 9.17) is 9.97 Å². The van der Waals surface area contributed by atoms with Crippen LogP contribution in [0.4, 0.5) is 0 Å². The fraction of sp³-hybridized carbons (Fsp3) is 0.862. The molecule has 2 heteroatoms. The zero-order chi connectivity index (χ0) is 21.7. The Balaban J connectivity index is 1.53. The number of nitrogens with zero attached hydrogens (tertiary/aromatic N) is 2. The molecule has 0 aliphatic heterocycles. The van der Waals surface area contributed by atoms with Crippen molar-refractivity contribution in [2.75, 3.05) is 0 Å². The summed E-state index contributed by atoms with van der Waals surface area (Å²) in [7, 11) is 0. The normalized spacial score (nSPS) is 23.7. The van der Waals surface area contributed by atoms with Gasteiger partial charge in [0.05, 0.1) is 0 Å². The molecule has 1 unspecified atom stereocenters. The topological polar surface area (TPSA) is 25.8 Å². The summed E-state index contributed by atoms with van der Waals surface area (Å²) < 4.78 is 0. The first-order valence-electron chi connectivity index (χ1n) is 14.1. The van der Waals surface area contributed by atoms with Gasteiger partial charge in [0.1, 0.15) is 5.82 Å². The highest BCUT2D eigenvalue weighted by atomic mass is 14.9. The van der Waals surface area contributed by atoms with Gasteiger partial charge in [0.2, 0.25) is 0 Å². The first kappa shape index (κ1) is 24.7. The van der Waals surface area contributed by atoms with Crippen LogP contribution < -0.4 is 0 Å². The monoisotopic (exact) mass is 426 g/mol. The van der Waals surface area contributed by atoms with Crippen LogP contribution in [0.3, 0.4) is 0 Å². The number of aromatic nitrogens is 2. The molecule has 0 aromatic carbocycles. The van der Waals surface area contributed by atoms with E-state index in [0.717, 1.165) is 42.3 Å². The molecule has 2 fully saturated rings. The third-order valence-corrected chi connectivity index (χ3v) is 8.46. The Hall–Kier alpha value is -0.920. The molecule has 0 amide bonds. The quantitative estimate of drug-likeness (QED) is 0.295. The molecule has 0 N–H and O–H groups in total. The van der Waals surface area contributed by atoms with Crippen molar-refractivity contribution in [3.8, 4) is 0 Å². The molecule has 0 spiro atoms. The molecule has 2 saturated carbocycles. The third-order valence-electron chi connectivity index (χ3n) is 8.46. The summed E-state index contributed by atoms with van der Waals surface area (Å²) in [6.07, 6.45) is 30.7. The summed E-state index contributed by atoms with van der Waals surface area (Å²) >= 11 is 0. The molecule has 0 saturated heterocycles. The molecule has 31 heavy (non-hydrogen) atoms. The summed E-state index contributed by atoms with van der Waals surface area (Å²) in [5.74, 6) is 4.80. The van der Waals surface area contributed by atoms with E-state index in [0.29, 0.717) is 0 Å². The molecule has 2 aliphatic carbocycles. The Labute approximate surface area is 193 Å². The Morgan fingerprint density at radius 1 is 0.742 bits per heavy atom. The highest BCUT2D eigenvalue weighted by Gasteiger charge is 2.33. The summed E-state index contributed by atoms with van der Waals surface area (Å²) in [4.78, 5) is 9.74. The van der Waals surface area contributed by atoms with Crippen molar-refractivity contribution in [1.29, 1.82) is 0 Å². The van der Waals surface area contributed by atoms with Crippen molar-refractivity contribution >= 4 is 0 Å². The van der Waals surface area contributed by atoms with E-state index < -0.39 is 0 Å². The number of hydrogen-bond acceptors (Lipinski definition) is 2. The van der Waals surface area contributed by atoms with Gasteiger partial charge >= 0.3 is 0 Å². The lowest BCUT2D eigenvalue weighted by molar-refractivity contribution is 0.121. The van der Waals surface area contributed by atoms with Gasteiger partial charge in [-0.15, -0.1) is 0 Å². The van der Waals surface area contributed by atoms with Crippen molar-refractivity contribution in [3.05, 3.63) is 23.8 Å². The lowest BCUT2D eigenvalue weighted by Crippen LogP contribution is -2.31. The maximum Gasteiger partial charge on any atom is 0.128 e. The first-order valence-corrected chi connectivity index (χ1v) is 14.1. The van der Waals surface area contributed by atoms with E-state index in [2.05, 4.69) is 26.2 Å². The summed E-state index contributed by atoms with van der Waals surface area (Å²) in [5.41, 5.74) is 1.34. The van der Waals surface area contributed by atoms with Crippen molar-refractivity contribution in [3.63, 3.8) is 0 Å². The van der Waals surface area contributed by atoms with Crippen LogP contribution in [0.5, 0.6) is 0 Å². The van der Waals surface area contributed by atoms with Gasteiger partial charge < -0.3 is 0 Å². The van der Waals surface area contributed by atoms with Crippen molar-refractivity contribution in [2.45, 2.75) is 136 Å². The van der Waals surface area contributed by atoms with Crippen molar-refractivity contribution in [2.24, 2.45) is 23.7 Å². The van der Waals surface area contributed by atoms with Crippen LogP contribution in [0, 0.1) is 23.7 Å². The maximum absolute atomic E-state index is 4.87. The molecule has 0 bridgehead atoms. The third kappa shape index (κ3) is 8.50. The number of unbranched alkanes of at least 4 members (excludes halogenated alkanes) is 5. The summed E-state index contributed by atoms with van der Waals surface area (Å²) in [5, 5.41) is 0. The van der Waals surface area contributed by atoms with Crippen molar-refractivity contribution in [1.82, 2.24) is 9.97 Å². The van der Waals surface area contributed by atoms with Crippen molar-refractivity contribution < 1.29 is 0 Å². The molecule has 1 atom stereocenters. The molecule has 176 valence electrons. The molecule has 1 aromatic heterocycles. The summed E-state index contributed by atoms with van der Waals surface area (Å²) in [6, 6.07) is 0. The van der Waals surface area contributed by atoms with Gasteiger partial charge in [-0.2, -0.15) is 0 Å². The van der Waals surface area contributed by atoms with Crippen LogP contribution in [0.1, 0.15) is 134 Å². The highest BCUT2D eigenvalue weighted by molar-refractivity contribution is 5.06. The Kier molecular flexibility index (Phi) is 11.4. The number of rotatable bonds is 13. The molecule has 0 radical (unpaired) electrons. The molecule has 3 rings (SSSR count). The maximum atomic E-state index is 4.87. The number of aryl methyl sites for hydroxylation is 1. The Morgan fingerprint density at radius 3 is 2.06 bits per heavy atom. The fourth-order valence-corrected chi connectivity index (χ4v) is 6.44. The van der Waals surface area contributed by atoms with Crippen LogP contribution >= 0.6 is 0 Å². The smallest absolute Gasteiger partial charge is 0.128 e. The van der Waals surface area contributed by atoms with Gasteiger partial charge in [0.25, 0.3) is 0 Å². The minimum atomic E-state index is 0.826. The van der Waals surface area contributed by atoms with E-state index >= 15 is 0 Å². The van der Waals surface area contributed by atoms with Gasteiger partial charge in [0, 0.05) is 18.8 Å². The second-order valence-corrected chi connectivity index (χ2v) is 10.9. The van der Waals surface area contributed by atoms with Crippen LogP contribution in [0.15, 0.2) is 12.4 Å². The minimum Gasteiger partial charge on any atom is -0.241 e. The van der Waals surface area contributed by atoms with E-state index in [1.54, 1.807) is 0 Å². The second-order valence-electron chi connectivity index (χ2n) is 10.9. The summed E-state index contributed by atoms with van der Waals surface area (Å²) in [6.45, 7) is 4.62. The predicted molar refractivity (Wildman–Crippen MR) is 133 cm³/mol. The van der Waals surface area contributed by atoms with Crippen LogP contribution in [0.25, 0.3) is 0 Å². The minimum absolute atomic E-state index is 0.826. The molecular weight excluding hydrogens is 376 g/mol. The zero-order valence-corrected chi connectivity index (χ0v) is 20.8. The molecule has 2 aliphatic rings. The molecule has 2 nitrogen and oxygen atoms in total.